The summed E-state index contributed by atoms with van der Waals surface area (Å²) in [5.74, 6) is -4.60. The Hall–Kier alpha value is -0.530. The van der Waals surface area contributed by atoms with Gasteiger partial charge < -0.3 is 4.74 Å². The first kappa shape index (κ1) is 22.5. The van der Waals surface area contributed by atoms with Crippen molar-refractivity contribution in [2.75, 3.05) is 12.4 Å². The first-order valence-electron chi connectivity index (χ1n) is 7.88. The molecule has 0 bridgehead atoms. The highest BCUT2D eigenvalue weighted by atomic mass is 32.2. The highest BCUT2D eigenvalue weighted by Gasteiger charge is 2.56. The van der Waals surface area contributed by atoms with E-state index in [1.807, 2.05) is 13.8 Å². The van der Waals surface area contributed by atoms with Crippen molar-refractivity contribution >= 4 is 17.7 Å². The van der Waals surface area contributed by atoms with Gasteiger partial charge in [-0.1, -0.05) is 26.7 Å². The molecular formula is C15H25F5O2S. The van der Waals surface area contributed by atoms with Gasteiger partial charge in [-0.15, -0.1) is 11.8 Å². The maximum atomic E-state index is 12.7. The fraction of sp³-hybridized carbons (Fsp3) is 0.933. The van der Waals surface area contributed by atoms with Crippen LogP contribution in [-0.4, -0.2) is 35.7 Å². The number of carbonyl (C=O) groups is 1. The van der Waals surface area contributed by atoms with E-state index in [0.29, 0.717) is 25.2 Å². The van der Waals surface area contributed by atoms with Crippen molar-refractivity contribution in [1.82, 2.24) is 0 Å². The summed E-state index contributed by atoms with van der Waals surface area (Å²) < 4.78 is 66.6. The Morgan fingerprint density at radius 3 is 2.22 bits per heavy atom. The van der Waals surface area contributed by atoms with Crippen LogP contribution in [0.5, 0.6) is 0 Å². The van der Waals surface area contributed by atoms with Gasteiger partial charge in [0, 0.05) is 6.42 Å². The lowest BCUT2D eigenvalue weighted by Crippen LogP contribution is -2.36. The summed E-state index contributed by atoms with van der Waals surface area (Å²) in [5, 5.41) is -0.371. The SMILES string of the molecule is CCCCC(SCCCCC(F)(F)C(F)(F)F)C(=O)OCCC. The molecule has 0 fully saturated rings. The van der Waals surface area contributed by atoms with Gasteiger partial charge >= 0.3 is 18.1 Å². The van der Waals surface area contributed by atoms with Gasteiger partial charge in [-0.3, -0.25) is 4.79 Å². The summed E-state index contributed by atoms with van der Waals surface area (Å²) in [6.45, 7) is 4.19. The molecule has 0 N–H and O–H groups in total. The predicted octanol–water partition coefficient (Wildman–Crippen LogP) is 5.60. The zero-order valence-electron chi connectivity index (χ0n) is 13.6. The molecule has 1 atom stereocenters. The Kier molecular flexibility index (Phi) is 10.8. The molecule has 0 aromatic heterocycles. The van der Waals surface area contributed by atoms with Gasteiger partial charge in [-0.25, -0.2) is 0 Å². The van der Waals surface area contributed by atoms with Crippen LogP contribution >= 0.6 is 11.8 Å². The molecular weight excluding hydrogens is 339 g/mol. The van der Waals surface area contributed by atoms with Crippen LogP contribution < -0.4 is 0 Å². The van der Waals surface area contributed by atoms with Gasteiger partial charge in [-0.05, 0) is 31.4 Å². The van der Waals surface area contributed by atoms with Crippen LogP contribution in [0.15, 0.2) is 0 Å². The lowest BCUT2D eigenvalue weighted by Gasteiger charge is -2.19. The number of thioether (sulfide) groups is 1. The lowest BCUT2D eigenvalue weighted by atomic mass is 10.1. The van der Waals surface area contributed by atoms with E-state index in [0.717, 1.165) is 12.8 Å². The van der Waals surface area contributed by atoms with Crippen molar-refractivity contribution < 1.29 is 31.5 Å². The molecule has 0 heterocycles. The maximum absolute atomic E-state index is 12.7. The van der Waals surface area contributed by atoms with E-state index >= 15 is 0 Å². The molecule has 0 aliphatic carbocycles. The molecule has 0 saturated carbocycles. The van der Waals surface area contributed by atoms with Gasteiger partial charge in [0.05, 0.1) is 6.61 Å². The number of alkyl halides is 5. The molecule has 138 valence electrons. The second-order valence-electron chi connectivity index (χ2n) is 5.33. The molecule has 0 aromatic rings. The summed E-state index contributed by atoms with van der Waals surface area (Å²) in [4.78, 5) is 11.9. The number of halogens is 5. The summed E-state index contributed by atoms with van der Waals surface area (Å²) in [6.07, 6.45) is -3.64. The first-order chi connectivity index (χ1) is 10.7. The third-order valence-electron chi connectivity index (χ3n) is 3.15. The summed E-state index contributed by atoms with van der Waals surface area (Å²) in [7, 11) is 0. The molecule has 0 aromatic carbocycles. The fourth-order valence-corrected chi connectivity index (χ4v) is 2.96. The van der Waals surface area contributed by atoms with Crippen molar-refractivity contribution in [1.29, 1.82) is 0 Å². The molecule has 0 aliphatic heterocycles. The van der Waals surface area contributed by atoms with E-state index in [9.17, 15) is 26.7 Å². The molecule has 0 radical (unpaired) electrons. The number of carbonyl (C=O) groups excluding carboxylic acids is 1. The van der Waals surface area contributed by atoms with Gasteiger partial charge in [0.25, 0.3) is 0 Å². The number of hydrogen-bond donors (Lipinski definition) is 0. The Morgan fingerprint density at radius 1 is 1.04 bits per heavy atom. The number of ether oxygens (including phenoxy) is 1. The number of esters is 1. The van der Waals surface area contributed by atoms with Gasteiger partial charge in [0.1, 0.15) is 5.25 Å². The minimum absolute atomic E-state index is 0.208. The third-order valence-corrected chi connectivity index (χ3v) is 4.50. The minimum atomic E-state index is -5.49. The topological polar surface area (TPSA) is 26.3 Å². The van der Waals surface area contributed by atoms with Crippen molar-refractivity contribution in [2.24, 2.45) is 0 Å². The van der Waals surface area contributed by atoms with E-state index in [2.05, 4.69) is 0 Å². The monoisotopic (exact) mass is 364 g/mol. The largest absolute Gasteiger partial charge is 0.465 e. The average molecular weight is 364 g/mol. The van der Waals surface area contributed by atoms with E-state index in [4.69, 9.17) is 4.74 Å². The molecule has 2 nitrogen and oxygen atoms in total. The van der Waals surface area contributed by atoms with Crippen molar-refractivity contribution in [3.05, 3.63) is 0 Å². The highest BCUT2D eigenvalue weighted by molar-refractivity contribution is 8.00. The predicted molar refractivity (Wildman–Crippen MR) is 81.9 cm³/mol. The van der Waals surface area contributed by atoms with E-state index in [-0.39, 0.29) is 24.1 Å². The molecule has 0 saturated heterocycles. The fourth-order valence-electron chi connectivity index (χ4n) is 1.77. The van der Waals surface area contributed by atoms with Crippen LogP contribution in [0.1, 0.15) is 58.8 Å². The van der Waals surface area contributed by atoms with Gasteiger partial charge in [0.2, 0.25) is 0 Å². The van der Waals surface area contributed by atoms with Crippen molar-refractivity contribution in [2.45, 2.75) is 76.1 Å². The Bertz CT molecular complexity index is 334. The molecule has 1 unspecified atom stereocenters. The number of rotatable bonds is 12. The van der Waals surface area contributed by atoms with Crippen molar-refractivity contribution in [3.63, 3.8) is 0 Å². The van der Waals surface area contributed by atoms with Crippen LogP contribution in [0, 0.1) is 0 Å². The van der Waals surface area contributed by atoms with Crippen LogP contribution in [0.3, 0.4) is 0 Å². The van der Waals surface area contributed by atoms with Gasteiger partial charge in [-0.2, -0.15) is 22.0 Å². The lowest BCUT2D eigenvalue weighted by molar-refractivity contribution is -0.284. The molecule has 0 aliphatic rings. The van der Waals surface area contributed by atoms with Crippen LogP contribution in [0.2, 0.25) is 0 Å². The Balaban J connectivity index is 4.14. The smallest absolute Gasteiger partial charge is 0.453 e. The number of hydrogen-bond acceptors (Lipinski definition) is 3. The molecule has 0 rings (SSSR count). The highest BCUT2D eigenvalue weighted by Crippen LogP contribution is 2.39. The van der Waals surface area contributed by atoms with Crippen LogP contribution in [-0.2, 0) is 9.53 Å². The van der Waals surface area contributed by atoms with E-state index in [1.54, 1.807) is 0 Å². The molecule has 8 heteroatoms. The summed E-state index contributed by atoms with van der Waals surface area (Å²) in [5.41, 5.74) is 0. The normalized spacial score (nSPS) is 13.9. The third kappa shape index (κ3) is 9.37. The second kappa shape index (κ2) is 11.1. The average Bonchev–Trinajstić information content (AvgIpc) is 2.46. The second-order valence-corrected chi connectivity index (χ2v) is 6.64. The van der Waals surface area contributed by atoms with E-state index in [1.165, 1.54) is 11.8 Å². The Labute approximate surface area is 138 Å². The molecule has 0 amide bonds. The van der Waals surface area contributed by atoms with E-state index < -0.39 is 18.5 Å². The zero-order valence-corrected chi connectivity index (χ0v) is 14.4. The summed E-state index contributed by atoms with van der Waals surface area (Å²) >= 11 is 1.28. The summed E-state index contributed by atoms with van der Waals surface area (Å²) in [6, 6.07) is 0. The Morgan fingerprint density at radius 2 is 1.70 bits per heavy atom. The standard InChI is InChI=1S/C15H25F5O2S/c1-3-5-8-12(13(21)22-10-4-2)23-11-7-6-9-14(16,17)15(18,19)20/h12H,3-11H2,1-2H3. The van der Waals surface area contributed by atoms with Gasteiger partial charge in [0.15, 0.2) is 0 Å². The van der Waals surface area contributed by atoms with Crippen molar-refractivity contribution in [3.8, 4) is 0 Å². The number of unbranched alkanes of at least 4 members (excludes halogenated alkanes) is 2. The van der Waals surface area contributed by atoms with Crippen LogP contribution in [0.4, 0.5) is 22.0 Å². The van der Waals surface area contributed by atoms with Crippen LogP contribution in [0.25, 0.3) is 0 Å². The zero-order chi connectivity index (χ0) is 17.9. The maximum Gasteiger partial charge on any atom is 0.453 e. The minimum Gasteiger partial charge on any atom is -0.465 e. The molecule has 0 spiro atoms. The molecule has 23 heavy (non-hydrogen) atoms. The first-order valence-corrected chi connectivity index (χ1v) is 8.93. The quantitative estimate of drug-likeness (QED) is 0.256.